The zero-order valence-electron chi connectivity index (χ0n) is 11.7. The van der Waals surface area contributed by atoms with Gasteiger partial charge in [0.2, 0.25) is 5.91 Å². The highest BCUT2D eigenvalue weighted by atomic mass is 16.1. The van der Waals surface area contributed by atoms with Crippen LogP contribution in [0.2, 0.25) is 0 Å². The number of carbonyl (C=O) groups excluding carboxylic acids is 1. The summed E-state index contributed by atoms with van der Waals surface area (Å²) in [5.41, 5.74) is 5.23. The standard InChI is InChI=1S/C14H27N3O/c1-11(2)17-8-3-6-14(7-9-17,13(15)18)16-10-12-4-5-12/h11-12,16H,3-10H2,1-2H3,(H2,15,18). The molecular weight excluding hydrogens is 226 g/mol. The van der Waals surface area contributed by atoms with Crippen molar-refractivity contribution in [2.24, 2.45) is 11.7 Å². The summed E-state index contributed by atoms with van der Waals surface area (Å²) < 4.78 is 0. The normalized spacial score (nSPS) is 30.4. The van der Waals surface area contributed by atoms with Gasteiger partial charge in [0.15, 0.2) is 0 Å². The Kier molecular flexibility index (Phi) is 4.28. The van der Waals surface area contributed by atoms with Crippen LogP contribution in [0, 0.1) is 5.92 Å². The molecule has 2 rings (SSSR count). The van der Waals surface area contributed by atoms with Crippen LogP contribution < -0.4 is 11.1 Å². The van der Waals surface area contributed by atoms with E-state index in [1.54, 1.807) is 0 Å². The Labute approximate surface area is 110 Å². The molecule has 1 saturated heterocycles. The number of nitrogens with one attached hydrogen (secondary N) is 1. The molecule has 0 bridgehead atoms. The molecule has 1 atom stereocenters. The molecule has 0 radical (unpaired) electrons. The Hall–Kier alpha value is -0.610. The minimum absolute atomic E-state index is 0.159. The molecule has 0 aromatic carbocycles. The first-order valence-corrected chi connectivity index (χ1v) is 7.32. The largest absolute Gasteiger partial charge is 0.368 e. The lowest BCUT2D eigenvalue weighted by Crippen LogP contribution is -2.56. The van der Waals surface area contributed by atoms with E-state index in [-0.39, 0.29) is 5.91 Å². The molecule has 1 aliphatic heterocycles. The topological polar surface area (TPSA) is 58.4 Å². The predicted molar refractivity (Wildman–Crippen MR) is 73.2 cm³/mol. The van der Waals surface area contributed by atoms with Gasteiger partial charge < -0.3 is 16.0 Å². The number of rotatable bonds is 5. The van der Waals surface area contributed by atoms with Gasteiger partial charge in [-0.2, -0.15) is 0 Å². The molecule has 0 aromatic heterocycles. The molecule has 0 spiro atoms. The van der Waals surface area contributed by atoms with Crippen LogP contribution in [-0.2, 0) is 4.79 Å². The number of nitrogens with zero attached hydrogens (tertiary/aromatic N) is 1. The second-order valence-corrected chi connectivity index (χ2v) is 6.25. The number of likely N-dealkylation sites (tertiary alicyclic amines) is 1. The van der Waals surface area contributed by atoms with Crippen LogP contribution in [0.1, 0.15) is 46.0 Å². The highest BCUT2D eigenvalue weighted by Crippen LogP contribution is 2.30. The number of carbonyl (C=O) groups is 1. The molecule has 2 fully saturated rings. The summed E-state index contributed by atoms with van der Waals surface area (Å²) in [4.78, 5) is 14.3. The quantitative estimate of drug-likeness (QED) is 0.771. The molecule has 1 heterocycles. The molecule has 1 saturated carbocycles. The molecule has 2 aliphatic rings. The van der Waals surface area contributed by atoms with Crippen molar-refractivity contribution in [2.45, 2.75) is 57.5 Å². The van der Waals surface area contributed by atoms with E-state index >= 15 is 0 Å². The fourth-order valence-corrected chi connectivity index (χ4v) is 2.84. The van der Waals surface area contributed by atoms with Crippen molar-refractivity contribution < 1.29 is 4.79 Å². The summed E-state index contributed by atoms with van der Waals surface area (Å²) in [6.07, 6.45) is 5.41. The van der Waals surface area contributed by atoms with Gasteiger partial charge in [-0.3, -0.25) is 4.79 Å². The second kappa shape index (κ2) is 5.57. The third-order valence-electron chi connectivity index (χ3n) is 4.50. The Morgan fingerprint density at radius 3 is 2.67 bits per heavy atom. The van der Waals surface area contributed by atoms with E-state index in [9.17, 15) is 4.79 Å². The SMILES string of the molecule is CC(C)N1CCCC(NCC2CC2)(C(N)=O)CC1. The van der Waals surface area contributed by atoms with E-state index in [0.717, 1.165) is 44.8 Å². The first kappa shape index (κ1) is 13.8. The summed E-state index contributed by atoms with van der Waals surface area (Å²) in [6, 6.07) is 0.553. The van der Waals surface area contributed by atoms with Crippen LogP contribution in [0.25, 0.3) is 0 Å². The highest BCUT2D eigenvalue weighted by molar-refractivity contribution is 5.84. The predicted octanol–water partition coefficient (Wildman–Crippen LogP) is 1.10. The van der Waals surface area contributed by atoms with Gasteiger partial charge in [0.05, 0.1) is 5.54 Å². The van der Waals surface area contributed by atoms with E-state index in [2.05, 4.69) is 24.1 Å². The van der Waals surface area contributed by atoms with Crippen molar-refractivity contribution in [3.05, 3.63) is 0 Å². The van der Waals surface area contributed by atoms with Crippen LogP contribution in [0.15, 0.2) is 0 Å². The van der Waals surface area contributed by atoms with Crippen molar-refractivity contribution >= 4 is 5.91 Å². The maximum atomic E-state index is 11.9. The first-order chi connectivity index (χ1) is 8.53. The van der Waals surface area contributed by atoms with Crippen LogP contribution in [0.4, 0.5) is 0 Å². The zero-order chi connectivity index (χ0) is 13.2. The average Bonchev–Trinajstić information content (AvgIpc) is 3.13. The molecule has 3 N–H and O–H groups in total. The Morgan fingerprint density at radius 1 is 1.39 bits per heavy atom. The van der Waals surface area contributed by atoms with Crippen LogP contribution in [0.5, 0.6) is 0 Å². The van der Waals surface area contributed by atoms with Crippen molar-refractivity contribution in [3.63, 3.8) is 0 Å². The first-order valence-electron chi connectivity index (χ1n) is 7.32. The van der Waals surface area contributed by atoms with E-state index in [1.165, 1.54) is 12.8 Å². The van der Waals surface area contributed by atoms with Crippen molar-refractivity contribution in [1.29, 1.82) is 0 Å². The molecular formula is C14H27N3O. The molecule has 18 heavy (non-hydrogen) atoms. The number of nitrogens with two attached hydrogens (primary N) is 1. The van der Waals surface area contributed by atoms with Gasteiger partial charge in [0.25, 0.3) is 0 Å². The Morgan fingerprint density at radius 2 is 2.11 bits per heavy atom. The summed E-state index contributed by atoms with van der Waals surface area (Å²) >= 11 is 0. The highest BCUT2D eigenvalue weighted by Gasteiger charge is 2.39. The molecule has 1 unspecified atom stereocenters. The smallest absolute Gasteiger partial charge is 0.237 e. The van der Waals surface area contributed by atoms with Gasteiger partial charge in [0, 0.05) is 12.6 Å². The van der Waals surface area contributed by atoms with Crippen LogP contribution in [-0.4, -0.2) is 42.0 Å². The summed E-state index contributed by atoms with van der Waals surface area (Å²) in [7, 11) is 0. The molecule has 0 aromatic rings. The summed E-state index contributed by atoms with van der Waals surface area (Å²) in [5, 5.41) is 3.49. The Balaban J connectivity index is 1.97. The minimum Gasteiger partial charge on any atom is -0.368 e. The van der Waals surface area contributed by atoms with Gasteiger partial charge in [-0.15, -0.1) is 0 Å². The van der Waals surface area contributed by atoms with E-state index in [0.29, 0.717) is 6.04 Å². The van der Waals surface area contributed by atoms with E-state index in [4.69, 9.17) is 5.73 Å². The van der Waals surface area contributed by atoms with Crippen molar-refractivity contribution in [3.8, 4) is 0 Å². The van der Waals surface area contributed by atoms with Gasteiger partial charge in [0.1, 0.15) is 0 Å². The molecule has 4 heteroatoms. The molecule has 1 aliphatic carbocycles. The summed E-state index contributed by atoms with van der Waals surface area (Å²) in [5.74, 6) is 0.624. The van der Waals surface area contributed by atoms with E-state index in [1.807, 2.05) is 0 Å². The molecule has 104 valence electrons. The monoisotopic (exact) mass is 253 g/mol. The third kappa shape index (κ3) is 3.23. The number of primary amides is 1. The van der Waals surface area contributed by atoms with Gasteiger partial charge in [-0.1, -0.05) is 0 Å². The van der Waals surface area contributed by atoms with Crippen molar-refractivity contribution in [1.82, 2.24) is 10.2 Å². The number of amides is 1. The second-order valence-electron chi connectivity index (χ2n) is 6.25. The van der Waals surface area contributed by atoms with Gasteiger partial charge in [-0.25, -0.2) is 0 Å². The fourth-order valence-electron chi connectivity index (χ4n) is 2.84. The Bertz CT molecular complexity index is 301. The molecule has 4 nitrogen and oxygen atoms in total. The van der Waals surface area contributed by atoms with Crippen molar-refractivity contribution in [2.75, 3.05) is 19.6 Å². The van der Waals surface area contributed by atoms with Crippen LogP contribution in [0.3, 0.4) is 0 Å². The minimum atomic E-state index is -0.452. The fraction of sp³-hybridized carbons (Fsp3) is 0.929. The lowest BCUT2D eigenvalue weighted by Gasteiger charge is -2.31. The number of hydrogen-bond acceptors (Lipinski definition) is 3. The average molecular weight is 253 g/mol. The maximum Gasteiger partial charge on any atom is 0.237 e. The van der Waals surface area contributed by atoms with E-state index < -0.39 is 5.54 Å². The zero-order valence-corrected chi connectivity index (χ0v) is 11.7. The lowest BCUT2D eigenvalue weighted by molar-refractivity contribution is -0.125. The molecule has 1 amide bonds. The maximum absolute atomic E-state index is 11.9. The number of hydrogen-bond donors (Lipinski definition) is 2. The van der Waals surface area contributed by atoms with Gasteiger partial charge in [-0.05, 0) is 65.0 Å². The van der Waals surface area contributed by atoms with Crippen LogP contribution >= 0.6 is 0 Å². The third-order valence-corrected chi connectivity index (χ3v) is 4.50. The van der Waals surface area contributed by atoms with Gasteiger partial charge >= 0.3 is 0 Å². The lowest BCUT2D eigenvalue weighted by atomic mass is 9.89. The summed E-state index contributed by atoms with van der Waals surface area (Å²) in [6.45, 7) is 7.45.